The second-order valence-corrected chi connectivity index (χ2v) is 6.87. The van der Waals surface area contributed by atoms with Crippen molar-refractivity contribution in [3.63, 3.8) is 0 Å². The predicted octanol–water partition coefficient (Wildman–Crippen LogP) is 6.41. The van der Waals surface area contributed by atoms with Crippen molar-refractivity contribution in [2.24, 2.45) is 0 Å². The summed E-state index contributed by atoms with van der Waals surface area (Å²) in [5, 5.41) is 5.29. The van der Waals surface area contributed by atoms with Gasteiger partial charge in [0.15, 0.2) is 0 Å². The van der Waals surface area contributed by atoms with Crippen LogP contribution in [0.4, 0.5) is 0 Å². The van der Waals surface area contributed by atoms with Crippen molar-refractivity contribution < 1.29 is 0 Å². The minimum atomic E-state index is 0.958. The lowest BCUT2D eigenvalue weighted by molar-refractivity contribution is 1.39. The van der Waals surface area contributed by atoms with Crippen LogP contribution in [-0.2, 0) is 12.3 Å². The van der Waals surface area contributed by atoms with Gasteiger partial charge in [-0.2, -0.15) is 0 Å². The normalized spacial score (nSPS) is 11.2. The lowest BCUT2D eigenvalue weighted by Gasteiger charge is -2.18. The molecule has 0 amide bonds. The predicted molar refractivity (Wildman–Crippen MR) is 114 cm³/mol. The third-order valence-corrected chi connectivity index (χ3v) is 5.60. The molecule has 2 atom stereocenters. The van der Waals surface area contributed by atoms with Crippen molar-refractivity contribution in [1.29, 1.82) is 0 Å². The zero-order valence-corrected chi connectivity index (χ0v) is 15.8. The standard InChI is InChI=1S/C22H20P2/c23-13-17-11-9-15-5-1-3-7-19(15)21(17)22-18(14-24)12-10-16-6-2-4-8-20(16)22/h1-12H,13-14,23-24H2. The summed E-state index contributed by atoms with van der Waals surface area (Å²) in [7, 11) is 5.78. The number of rotatable bonds is 3. The van der Waals surface area contributed by atoms with E-state index in [1.54, 1.807) is 0 Å². The molecular weight excluding hydrogens is 326 g/mol. The average Bonchev–Trinajstić information content (AvgIpc) is 2.66. The lowest BCUT2D eigenvalue weighted by Crippen LogP contribution is -1.94. The SMILES string of the molecule is PCc1ccc2ccccc2c1-c1c(CP)ccc2ccccc12. The summed E-state index contributed by atoms with van der Waals surface area (Å²) >= 11 is 0. The van der Waals surface area contributed by atoms with E-state index in [2.05, 4.69) is 91.3 Å². The molecule has 0 bridgehead atoms. The minimum Gasteiger partial charge on any atom is -0.133 e. The number of hydrogen-bond acceptors (Lipinski definition) is 0. The molecule has 2 unspecified atom stereocenters. The van der Waals surface area contributed by atoms with Crippen LogP contribution in [0.2, 0.25) is 0 Å². The highest BCUT2D eigenvalue weighted by Crippen LogP contribution is 2.40. The Kier molecular flexibility index (Phi) is 4.36. The van der Waals surface area contributed by atoms with E-state index in [0.717, 1.165) is 12.3 Å². The van der Waals surface area contributed by atoms with E-state index in [9.17, 15) is 0 Å². The summed E-state index contributed by atoms with van der Waals surface area (Å²) in [5.74, 6) is 0. The van der Waals surface area contributed by atoms with Crippen molar-refractivity contribution in [2.75, 3.05) is 0 Å². The Labute approximate surface area is 147 Å². The second kappa shape index (κ2) is 6.64. The largest absolute Gasteiger partial charge is 0.133 e. The molecule has 0 spiro atoms. The van der Waals surface area contributed by atoms with Crippen LogP contribution in [0, 0.1) is 0 Å². The van der Waals surface area contributed by atoms with Crippen LogP contribution in [0.5, 0.6) is 0 Å². The van der Waals surface area contributed by atoms with Crippen molar-refractivity contribution >= 4 is 40.0 Å². The first-order valence-electron chi connectivity index (χ1n) is 8.25. The molecule has 4 aromatic carbocycles. The molecule has 0 aliphatic heterocycles. The Bertz CT molecular complexity index is 949. The van der Waals surface area contributed by atoms with Crippen LogP contribution < -0.4 is 0 Å². The zero-order chi connectivity index (χ0) is 16.5. The van der Waals surface area contributed by atoms with Gasteiger partial charge in [0.05, 0.1) is 0 Å². The van der Waals surface area contributed by atoms with Gasteiger partial charge in [-0.05, 0) is 56.1 Å². The van der Waals surface area contributed by atoms with Gasteiger partial charge < -0.3 is 0 Å². The molecule has 118 valence electrons. The fraction of sp³-hybridized carbons (Fsp3) is 0.0909. The Balaban J connectivity index is 2.21. The Morgan fingerprint density at radius 1 is 0.500 bits per heavy atom. The van der Waals surface area contributed by atoms with E-state index in [1.165, 1.54) is 43.8 Å². The van der Waals surface area contributed by atoms with Crippen LogP contribution in [0.15, 0.2) is 72.8 Å². The smallest absolute Gasteiger partial charge is 0.00608 e. The summed E-state index contributed by atoms with van der Waals surface area (Å²) in [4.78, 5) is 0. The molecule has 24 heavy (non-hydrogen) atoms. The van der Waals surface area contributed by atoms with Crippen LogP contribution in [-0.4, -0.2) is 0 Å². The highest BCUT2D eigenvalue weighted by molar-refractivity contribution is 7.15. The van der Waals surface area contributed by atoms with Crippen LogP contribution in [0.1, 0.15) is 11.1 Å². The van der Waals surface area contributed by atoms with E-state index < -0.39 is 0 Å². The summed E-state index contributed by atoms with van der Waals surface area (Å²) in [5.41, 5.74) is 5.54. The molecule has 0 fully saturated rings. The number of benzene rings is 4. The van der Waals surface area contributed by atoms with Gasteiger partial charge in [-0.1, -0.05) is 72.8 Å². The molecule has 0 saturated carbocycles. The third kappa shape index (κ3) is 2.55. The molecule has 0 nitrogen and oxygen atoms in total. The van der Waals surface area contributed by atoms with Crippen molar-refractivity contribution in [3.05, 3.63) is 83.9 Å². The minimum absolute atomic E-state index is 0.958. The van der Waals surface area contributed by atoms with Crippen LogP contribution in [0.25, 0.3) is 32.7 Å². The maximum absolute atomic E-state index is 2.89. The first kappa shape index (κ1) is 15.8. The first-order chi connectivity index (χ1) is 11.8. The average molecular weight is 346 g/mol. The Hall–Kier alpha value is -1.74. The van der Waals surface area contributed by atoms with Crippen molar-refractivity contribution in [3.8, 4) is 11.1 Å². The zero-order valence-electron chi connectivity index (χ0n) is 13.5. The summed E-state index contributed by atoms with van der Waals surface area (Å²) in [6.45, 7) is 0. The quantitative estimate of drug-likeness (QED) is 0.376. The van der Waals surface area contributed by atoms with E-state index in [1.807, 2.05) is 0 Å². The van der Waals surface area contributed by atoms with E-state index in [0.29, 0.717) is 0 Å². The molecule has 0 saturated heterocycles. The molecule has 2 heteroatoms. The monoisotopic (exact) mass is 346 g/mol. The maximum Gasteiger partial charge on any atom is -0.00608 e. The third-order valence-electron chi connectivity index (χ3n) is 4.72. The fourth-order valence-electron chi connectivity index (χ4n) is 3.56. The highest BCUT2D eigenvalue weighted by atomic mass is 31.0. The first-order valence-corrected chi connectivity index (χ1v) is 9.88. The lowest BCUT2D eigenvalue weighted by atomic mass is 9.88. The summed E-state index contributed by atoms with van der Waals surface area (Å²) in [6, 6.07) is 26.5. The van der Waals surface area contributed by atoms with Crippen molar-refractivity contribution in [2.45, 2.75) is 12.3 Å². The van der Waals surface area contributed by atoms with Gasteiger partial charge in [0.2, 0.25) is 0 Å². The molecule has 0 aromatic heterocycles. The Morgan fingerprint density at radius 3 is 1.33 bits per heavy atom. The molecule has 4 rings (SSSR count). The summed E-state index contributed by atoms with van der Waals surface area (Å²) < 4.78 is 0. The maximum atomic E-state index is 2.89. The number of fused-ring (bicyclic) bond motifs is 2. The van der Waals surface area contributed by atoms with Gasteiger partial charge in [-0.25, -0.2) is 0 Å². The van der Waals surface area contributed by atoms with Crippen molar-refractivity contribution in [1.82, 2.24) is 0 Å². The molecule has 0 heterocycles. The molecule has 0 aliphatic rings. The topological polar surface area (TPSA) is 0 Å². The van der Waals surface area contributed by atoms with Gasteiger partial charge in [-0.15, -0.1) is 18.5 Å². The number of hydrogen-bond donors (Lipinski definition) is 0. The van der Waals surface area contributed by atoms with Gasteiger partial charge in [-0.3, -0.25) is 0 Å². The Morgan fingerprint density at radius 2 is 0.917 bits per heavy atom. The second-order valence-electron chi connectivity index (χ2n) is 6.05. The highest BCUT2D eigenvalue weighted by Gasteiger charge is 2.15. The van der Waals surface area contributed by atoms with Crippen LogP contribution in [0.3, 0.4) is 0 Å². The molecule has 0 N–H and O–H groups in total. The van der Waals surface area contributed by atoms with E-state index in [4.69, 9.17) is 0 Å². The van der Waals surface area contributed by atoms with E-state index >= 15 is 0 Å². The van der Waals surface area contributed by atoms with Crippen LogP contribution >= 0.6 is 18.5 Å². The van der Waals surface area contributed by atoms with Gasteiger partial charge in [0, 0.05) is 0 Å². The van der Waals surface area contributed by atoms with Gasteiger partial charge in [0.1, 0.15) is 0 Å². The van der Waals surface area contributed by atoms with Gasteiger partial charge in [0.25, 0.3) is 0 Å². The summed E-state index contributed by atoms with van der Waals surface area (Å²) in [6.07, 6.45) is 1.92. The molecular formula is C22H20P2. The molecule has 0 radical (unpaired) electrons. The van der Waals surface area contributed by atoms with E-state index in [-0.39, 0.29) is 0 Å². The van der Waals surface area contributed by atoms with Gasteiger partial charge >= 0.3 is 0 Å². The fourth-order valence-corrected chi connectivity index (χ4v) is 4.24. The molecule has 4 aromatic rings. The molecule has 0 aliphatic carbocycles.